The second kappa shape index (κ2) is 16.0. The number of carbonyl (C=O) groups is 3. The third kappa shape index (κ3) is 8.74. The molecule has 13 heteroatoms. The zero-order chi connectivity index (χ0) is 36.8. The van der Waals surface area contributed by atoms with Crippen LogP contribution in [0.15, 0.2) is 84.9 Å². The van der Waals surface area contributed by atoms with Gasteiger partial charge in [-0.2, -0.15) is 0 Å². The molecule has 52 heavy (non-hydrogen) atoms. The van der Waals surface area contributed by atoms with Gasteiger partial charge < -0.3 is 45.9 Å². The second-order valence-corrected chi connectivity index (χ2v) is 13.3. The molecule has 0 aliphatic carbocycles. The van der Waals surface area contributed by atoms with Crippen molar-refractivity contribution in [1.82, 2.24) is 9.80 Å². The van der Waals surface area contributed by atoms with Crippen molar-refractivity contribution in [2.75, 3.05) is 55.2 Å². The molecule has 2 aliphatic rings. The van der Waals surface area contributed by atoms with Crippen LogP contribution < -0.4 is 35.9 Å². The molecule has 2 aliphatic heterocycles. The van der Waals surface area contributed by atoms with Gasteiger partial charge in [0.25, 0.3) is 5.91 Å². The van der Waals surface area contributed by atoms with Crippen molar-refractivity contribution in [2.24, 2.45) is 5.92 Å². The van der Waals surface area contributed by atoms with E-state index in [0.29, 0.717) is 70.8 Å². The molecule has 4 aromatic rings. The number of hydrogen-bond acceptors (Lipinski definition) is 9. The lowest BCUT2D eigenvalue weighted by Gasteiger charge is -2.34. The largest absolute Gasteiger partial charge is 0.488 e. The maximum Gasteiger partial charge on any atom is 0.323 e. The summed E-state index contributed by atoms with van der Waals surface area (Å²) in [5.74, 6) is 1.23. The summed E-state index contributed by atoms with van der Waals surface area (Å²) in [6.45, 7) is 5.33. The molecule has 0 spiro atoms. The summed E-state index contributed by atoms with van der Waals surface area (Å²) < 4.78 is 17.4. The first-order chi connectivity index (χ1) is 25.1. The number of aliphatic hydroxyl groups is 1. The first-order valence-electron chi connectivity index (χ1n) is 17.2. The number of amides is 4. The topological polar surface area (TPSA) is 168 Å². The molecule has 3 atom stereocenters. The zero-order valence-corrected chi connectivity index (χ0v) is 29.4. The fourth-order valence-electron chi connectivity index (χ4n) is 6.24. The molecule has 0 saturated carbocycles. The summed E-state index contributed by atoms with van der Waals surface area (Å²) in [6.07, 6.45) is -0.289. The number of nitrogens with one attached hydrogen (secondary N) is 3. The Bertz CT molecular complexity index is 1920. The minimum absolute atomic E-state index is 0.0328. The summed E-state index contributed by atoms with van der Waals surface area (Å²) in [5, 5.41) is 18.5. The molecule has 0 aromatic heterocycles. The van der Waals surface area contributed by atoms with Crippen molar-refractivity contribution in [3.63, 3.8) is 0 Å². The SMILES string of the molecule is C[C@@H]1CN([C@H](C)CO)C(=O)Cc2cc(NC(=O)Nc3ccc4c(c3)OCO4)ccc2O[C@H]1CN(C)Cc1ccc(C(=O)Nc2ccccc2N)cc1. The Morgan fingerprint density at radius 3 is 2.37 bits per heavy atom. The van der Waals surface area contributed by atoms with Crippen LogP contribution in [0.4, 0.5) is 27.5 Å². The van der Waals surface area contributed by atoms with Crippen molar-refractivity contribution in [1.29, 1.82) is 0 Å². The minimum atomic E-state index is -0.465. The van der Waals surface area contributed by atoms with E-state index in [1.807, 2.05) is 45.2 Å². The van der Waals surface area contributed by atoms with Gasteiger partial charge in [0.15, 0.2) is 11.5 Å². The number of carbonyl (C=O) groups excluding carboxylic acids is 3. The van der Waals surface area contributed by atoms with E-state index in [-0.39, 0.29) is 43.7 Å². The fraction of sp³-hybridized carbons (Fsp3) is 0.308. The molecule has 272 valence electrons. The standard InChI is InChI=1S/C39H44N6O7/c1-24-19-45(25(2)22-46)37(47)17-28-16-29(41-39(49)42-30-13-15-34-35(18-30)51-23-50-34)12-14-33(28)52-36(24)21-44(3)20-26-8-10-27(11-9-26)38(48)43-32-7-5-4-6-31(32)40/h4-16,18,24-25,36,46H,17,19-23,40H2,1-3H3,(H,43,48)(H2,41,42,49)/t24-,25-,36+/m1/s1. The lowest BCUT2D eigenvalue weighted by Crippen LogP contribution is -2.47. The molecule has 0 saturated heterocycles. The summed E-state index contributed by atoms with van der Waals surface area (Å²) >= 11 is 0. The van der Waals surface area contributed by atoms with Gasteiger partial charge in [0, 0.05) is 54.1 Å². The number of aliphatic hydroxyl groups excluding tert-OH is 1. The number of para-hydroxylation sites is 2. The number of benzene rings is 4. The lowest BCUT2D eigenvalue weighted by atomic mass is 10.0. The number of nitrogens with two attached hydrogens (primary N) is 1. The van der Waals surface area contributed by atoms with E-state index in [2.05, 4.69) is 20.9 Å². The van der Waals surface area contributed by atoms with Gasteiger partial charge in [-0.15, -0.1) is 0 Å². The van der Waals surface area contributed by atoms with E-state index >= 15 is 0 Å². The highest BCUT2D eigenvalue weighted by Crippen LogP contribution is 2.34. The molecule has 0 unspecified atom stereocenters. The van der Waals surface area contributed by atoms with Gasteiger partial charge in [-0.05, 0) is 74.1 Å². The van der Waals surface area contributed by atoms with Crippen LogP contribution in [0.5, 0.6) is 17.2 Å². The van der Waals surface area contributed by atoms with Crippen molar-refractivity contribution < 1.29 is 33.7 Å². The summed E-state index contributed by atoms with van der Waals surface area (Å²) in [7, 11) is 1.99. The van der Waals surface area contributed by atoms with Crippen molar-refractivity contribution >= 4 is 40.6 Å². The predicted molar refractivity (Wildman–Crippen MR) is 199 cm³/mol. The van der Waals surface area contributed by atoms with Crippen LogP contribution in [0.25, 0.3) is 0 Å². The van der Waals surface area contributed by atoms with Crippen LogP contribution in [-0.4, -0.2) is 78.4 Å². The molecular formula is C39H44N6O7. The Labute approximate surface area is 302 Å². The van der Waals surface area contributed by atoms with Gasteiger partial charge in [-0.25, -0.2) is 4.79 Å². The summed E-state index contributed by atoms with van der Waals surface area (Å²) in [5.41, 5.74) is 10.2. The number of ether oxygens (including phenoxy) is 3. The Morgan fingerprint density at radius 1 is 0.942 bits per heavy atom. The summed E-state index contributed by atoms with van der Waals surface area (Å²) in [6, 6.07) is 24.1. The van der Waals surface area contributed by atoms with E-state index in [1.54, 1.807) is 65.6 Å². The highest BCUT2D eigenvalue weighted by atomic mass is 16.7. The van der Waals surface area contributed by atoms with E-state index in [0.717, 1.165) is 5.56 Å². The van der Waals surface area contributed by atoms with Gasteiger partial charge in [0.1, 0.15) is 11.9 Å². The molecule has 0 bridgehead atoms. The number of nitrogens with zero attached hydrogens (tertiary/aromatic N) is 2. The van der Waals surface area contributed by atoms with Crippen LogP contribution in [-0.2, 0) is 17.8 Å². The Morgan fingerprint density at radius 2 is 1.63 bits per heavy atom. The quantitative estimate of drug-likeness (QED) is 0.140. The Kier molecular flexibility index (Phi) is 11.1. The normalized spacial score (nSPS) is 17.2. The molecule has 0 fully saturated rings. The van der Waals surface area contributed by atoms with Crippen LogP contribution in [0.3, 0.4) is 0 Å². The molecule has 6 rings (SSSR count). The third-order valence-electron chi connectivity index (χ3n) is 9.17. The smallest absolute Gasteiger partial charge is 0.323 e. The Hall–Kier alpha value is -5.79. The molecule has 13 nitrogen and oxygen atoms in total. The van der Waals surface area contributed by atoms with Crippen molar-refractivity contribution in [3.05, 3.63) is 102 Å². The highest BCUT2D eigenvalue weighted by molar-refractivity contribution is 6.05. The van der Waals surface area contributed by atoms with Gasteiger partial charge in [-0.1, -0.05) is 31.2 Å². The number of fused-ring (bicyclic) bond motifs is 2. The lowest BCUT2D eigenvalue weighted by molar-refractivity contribution is -0.134. The van der Waals surface area contributed by atoms with Crippen LogP contribution in [0.2, 0.25) is 0 Å². The fourth-order valence-corrected chi connectivity index (χ4v) is 6.24. The van der Waals surface area contributed by atoms with Gasteiger partial charge in [-0.3, -0.25) is 14.5 Å². The Balaban J connectivity index is 1.14. The van der Waals surface area contributed by atoms with Crippen LogP contribution >= 0.6 is 0 Å². The monoisotopic (exact) mass is 708 g/mol. The van der Waals surface area contributed by atoms with Crippen molar-refractivity contribution in [2.45, 2.75) is 39.0 Å². The molecule has 4 amide bonds. The first kappa shape index (κ1) is 36.0. The van der Waals surface area contributed by atoms with E-state index in [9.17, 15) is 19.5 Å². The number of hydrogen-bond donors (Lipinski definition) is 5. The molecule has 6 N–H and O–H groups in total. The van der Waals surface area contributed by atoms with Gasteiger partial charge >= 0.3 is 6.03 Å². The maximum atomic E-state index is 13.7. The number of likely N-dealkylation sites (N-methyl/N-ethyl adjacent to an activating group) is 1. The third-order valence-corrected chi connectivity index (χ3v) is 9.17. The maximum absolute atomic E-state index is 13.7. The number of urea groups is 1. The number of nitrogen functional groups attached to an aromatic ring is 1. The van der Waals surface area contributed by atoms with E-state index in [4.69, 9.17) is 19.9 Å². The molecule has 4 aromatic carbocycles. The van der Waals surface area contributed by atoms with Crippen LogP contribution in [0, 0.1) is 5.92 Å². The average molecular weight is 709 g/mol. The van der Waals surface area contributed by atoms with Gasteiger partial charge in [0.2, 0.25) is 12.7 Å². The van der Waals surface area contributed by atoms with Crippen molar-refractivity contribution in [3.8, 4) is 17.2 Å². The summed E-state index contributed by atoms with van der Waals surface area (Å²) in [4.78, 5) is 43.2. The molecule has 0 radical (unpaired) electrons. The zero-order valence-electron chi connectivity index (χ0n) is 29.4. The average Bonchev–Trinajstić information content (AvgIpc) is 3.61. The molecule has 2 heterocycles. The van der Waals surface area contributed by atoms with E-state index in [1.165, 1.54) is 0 Å². The number of anilines is 4. The van der Waals surface area contributed by atoms with E-state index < -0.39 is 12.1 Å². The first-order valence-corrected chi connectivity index (χ1v) is 17.2. The highest BCUT2D eigenvalue weighted by Gasteiger charge is 2.31. The second-order valence-electron chi connectivity index (χ2n) is 13.3. The minimum Gasteiger partial charge on any atom is -0.488 e. The molecular weight excluding hydrogens is 664 g/mol. The predicted octanol–water partition coefficient (Wildman–Crippen LogP) is 5.17. The number of rotatable bonds is 10. The van der Waals surface area contributed by atoms with Gasteiger partial charge in [0.05, 0.1) is 30.4 Å². The van der Waals surface area contributed by atoms with Crippen LogP contribution in [0.1, 0.15) is 35.3 Å².